The fourth-order valence-electron chi connectivity index (χ4n) is 3.58. The molecule has 1 saturated heterocycles. The maximum absolute atomic E-state index is 10.8. The second-order valence-corrected chi connectivity index (χ2v) is 6.18. The number of nitrogens with zero attached hydrogens (tertiary/aromatic N) is 3. The number of nitro benzene ring substituents is 1. The van der Waals surface area contributed by atoms with E-state index < -0.39 is 0 Å². The normalized spacial score (nSPS) is 21.7. The van der Waals surface area contributed by atoms with Gasteiger partial charge in [0.2, 0.25) is 0 Å². The van der Waals surface area contributed by atoms with Gasteiger partial charge in [0.1, 0.15) is 0 Å². The highest BCUT2D eigenvalue weighted by molar-refractivity contribution is 5.34. The van der Waals surface area contributed by atoms with Crippen LogP contribution in [0.4, 0.5) is 5.69 Å². The standard InChI is InChI=1S/C16H23N3O2/c20-19(21)16-7-3-4-14(12-16)13-17-8-10-18(11-9-17)15-5-1-2-6-15/h3-4,7,12,15H,1-2,5-6,8-11,13H2. The Morgan fingerprint density at radius 1 is 1.14 bits per heavy atom. The molecule has 3 rings (SSSR count). The van der Waals surface area contributed by atoms with Crippen molar-refractivity contribution in [1.29, 1.82) is 0 Å². The topological polar surface area (TPSA) is 49.6 Å². The summed E-state index contributed by atoms with van der Waals surface area (Å²) in [6.07, 6.45) is 5.51. The number of nitro groups is 1. The van der Waals surface area contributed by atoms with E-state index >= 15 is 0 Å². The largest absolute Gasteiger partial charge is 0.298 e. The Bertz CT molecular complexity index is 492. The summed E-state index contributed by atoms with van der Waals surface area (Å²) in [6, 6.07) is 7.83. The van der Waals surface area contributed by atoms with Gasteiger partial charge in [-0.1, -0.05) is 25.0 Å². The summed E-state index contributed by atoms with van der Waals surface area (Å²) in [6.45, 7) is 5.23. The molecule has 1 aliphatic heterocycles. The molecule has 1 saturated carbocycles. The minimum absolute atomic E-state index is 0.192. The highest BCUT2D eigenvalue weighted by Gasteiger charge is 2.26. The molecule has 0 aromatic heterocycles. The number of hydrogen-bond donors (Lipinski definition) is 0. The quantitative estimate of drug-likeness (QED) is 0.631. The van der Waals surface area contributed by atoms with Crippen LogP contribution in [-0.4, -0.2) is 46.9 Å². The Kier molecular flexibility index (Phi) is 4.51. The van der Waals surface area contributed by atoms with Crippen LogP contribution >= 0.6 is 0 Å². The van der Waals surface area contributed by atoms with E-state index in [0.717, 1.165) is 44.3 Å². The van der Waals surface area contributed by atoms with Gasteiger partial charge in [0.25, 0.3) is 5.69 Å². The lowest BCUT2D eigenvalue weighted by Crippen LogP contribution is -2.49. The molecular formula is C16H23N3O2. The highest BCUT2D eigenvalue weighted by atomic mass is 16.6. The molecule has 0 amide bonds. The lowest BCUT2D eigenvalue weighted by Gasteiger charge is -2.38. The van der Waals surface area contributed by atoms with Crippen LogP contribution in [0.3, 0.4) is 0 Å². The zero-order valence-corrected chi connectivity index (χ0v) is 12.4. The Morgan fingerprint density at radius 3 is 2.52 bits per heavy atom. The average molecular weight is 289 g/mol. The van der Waals surface area contributed by atoms with Crippen molar-refractivity contribution in [2.24, 2.45) is 0 Å². The first kappa shape index (κ1) is 14.5. The molecule has 5 heteroatoms. The van der Waals surface area contributed by atoms with Crippen molar-refractivity contribution in [2.75, 3.05) is 26.2 Å². The first-order chi connectivity index (χ1) is 10.2. The number of non-ortho nitro benzene ring substituents is 1. The van der Waals surface area contributed by atoms with Crippen LogP contribution in [0.25, 0.3) is 0 Å². The van der Waals surface area contributed by atoms with Crippen LogP contribution in [-0.2, 0) is 6.54 Å². The summed E-state index contributed by atoms with van der Waals surface area (Å²) >= 11 is 0. The summed E-state index contributed by atoms with van der Waals surface area (Å²) in [7, 11) is 0. The van der Waals surface area contributed by atoms with Crippen LogP contribution in [0.5, 0.6) is 0 Å². The van der Waals surface area contributed by atoms with E-state index in [2.05, 4.69) is 9.80 Å². The Hall–Kier alpha value is -1.46. The number of rotatable bonds is 4. The molecule has 114 valence electrons. The zero-order chi connectivity index (χ0) is 14.7. The fraction of sp³-hybridized carbons (Fsp3) is 0.625. The maximum atomic E-state index is 10.8. The van der Waals surface area contributed by atoms with E-state index in [9.17, 15) is 10.1 Å². The second kappa shape index (κ2) is 6.54. The first-order valence-corrected chi connectivity index (χ1v) is 7.92. The van der Waals surface area contributed by atoms with Crippen molar-refractivity contribution < 1.29 is 4.92 Å². The SMILES string of the molecule is O=[N+]([O-])c1cccc(CN2CCN(C3CCCC3)CC2)c1. The zero-order valence-electron chi connectivity index (χ0n) is 12.4. The smallest absolute Gasteiger partial charge is 0.269 e. The van der Waals surface area contributed by atoms with Crippen LogP contribution < -0.4 is 0 Å². The molecule has 1 aromatic carbocycles. The van der Waals surface area contributed by atoms with E-state index in [4.69, 9.17) is 0 Å². The lowest BCUT2D eigenvalue weighted by atomic mass is 10.1. The molecular weight excluding hydrogens is 266 g/mol. The molecule has 0 spiro atoms. The van der Waals surface area contributed by atoms with E-state index in [1.54, 1.807) is 18.2 Å². The second-order valence-electron chi connectivity index (χ2n) is 6.18. The van der Waals surface area contributed by atoms with Crippen LogP contribution in [0.1, 0.15) is 31.2 Å². The van der Waals surface area contributed by atoms with E-state index in [1.807, 2.05) is 6.07 Å². The number of hydrogen-bond acceptors (Lipinski definition) is 4. The van der Waals surface area contributed by atoms with Crippen LogP contribution in [0.15, 0.2) is 24.3 Å². The van der Waals surface area contributed by atoms with Crippen molar-refractivity contribution in [3.8, 4) is 0 Å². The van der Waals surface area contributed by atoms with Gasteiger partial charge < -0.3 is 0 Å². The van der Waals surface area contributed by atoms with Crippen molar-refractivity contribution in [1.82, 2.24) is 9.80 Å². The van der Waals surface area contributed by atoms with E-state index in [-0.39, 0.29) is 10.6 Å². The van der Waals surface area contributed by atoms with Gasteiger partial charge in [-0.05, 0) is 18.4 Å². The summed E-state index contributed by atoms with van der Waals surface area (Å²) < 4.78 is 0. The Labute approximate surface area is 125 Å². The molecule has 0 N–H and O–H groups in total. The minimum atomic E-state index is -0.318. The van der Waals surface area contributed by atoms with E-state index in [1.165, 1.54) is 25.7 Å². The monoisotopic (exact) mass is 289 g/mol. The van der Waals surface area contributed by atoms with Gasteiger partial charge in [0, 0.05) is 50.9 Å². The van der Waals surface area contributed by atoms with Crippen molar-refractivity contribution in [2.45, 2.75) is 38.3 Å². The average Bonchev–Trinajstić information content (AvgIpc) is 3.02. The van der Waals surface area contributed by atoms with Gasteiger partial charge >= 0.3 is 0 Å². The van der Waals surface area contributed by atoms with Crippen molar-refractivity contribution in [3.05, 3.63) is 39.9 Å². The first-order valence-electron chi connectivity index (χ1n) is 7.92. The van der Waals surface area contributed by atoms with Gasteiger partial charge in [-0.3, -0.25) is 19.9 Å². The molecule has 21 heavy (non-hydrogen) atoms. The predicted molar refractivity (Wildman–Crippen MR) is 82.2 cm³/mol. The van der Waals surface area contributed by atoms with E-state index in [0.29, 0.717) is 0 Å². The summed E-state index contributed by atoms with van der Waals surface area (Å²) in [5, 5.41) is 10.8. The minimum Gasteiger partial charge on any atom is -0.298 e. The van der Waals surface area contributed by atoms with Crippen LogP contribution in [0.2, 0.25) is 0 Å². The molecule has 0 atom stereocenters. The highest BCUT2D eigenvalue weighted by Crippen LogP contribution is 2.24. The maximum Gasteiger partial charge on any atom is 0.269 e. The number of benzene rings is 1. The van der Waals surface area contributed by atoms with Crippen molar-refractivity contribution in [3.63, 3.8) is 0 Å². The summed E-state index contributed by atoms with van der Waals surface area (Å²) in [5.74, 6) is 0. The summed E-state index contributed by atoms with van der Waals surface area (Å²) in [5.41, 5.74) is 1.23. The molecule has 0 unspecified atom stereocenters. The van der Waals surface area contributed by atoms with Crippen molar-refractivity contribution >= 4 is 5.69 Å². The third-order valence-corrected chi connectivity index (χ3v) is 4.78. The Balaban J connectivity index is 1.53. The third kappa shape index (κ3) is 3.60. The van der Waals surface area contributed by atoms with Gasteiger partial charge in [-0.15, -0.1) is 0 Å². The molecule has 2 aliphatic rings. The molecule has 0 radical (unpaired) electrons. The van der Waals surface area contributed by atoms with Gasteiger partial charge in [-0.2, -0.15) is 0 Å². The molecule has 1 heterocycles. The predicted octanol–water partition coefficient (Wildman–Crippen LogP) is 2.66. The van der Waals surface area contributed by atoms with Gasteiger partial charge in [0.05, 0.1) is 4.92 Å². The molecule has 0 bridgehead atoms. The fourth-order valence-corrected chi connectivity index (χ4v) is 3.58. The van der Waals surface area contributed by atoms with Gasteiger partial charge in [0.15, 0.2) is 0 Å². The molecule has 5 nitrogen and oxygen atoms in total. The Morgan fingerprint density at radius 2 is 1.86 bits per heavy atom. The van der Waals surface area contributed by atoms with Gasteiger partial charge in [-0.25, -0.2) is 0 Å². The third-order valence-electron chi connectivity index (χ3n) is 4.78. The molecule has 2 fully saturated rings. The lowest BCUT2D eigenvalue weighted by molar-refractivity contribution is -0.384. The molecule has 1 aliphatic carbocycles. The molecule has 1 aromatic rings. The number of piperazine rings is 1. The summed E-state index contributed by atoms with van der Waals surface area (Å²) in [4.78, 5) is 15.5. The van der Waals surface area contributed by atoms with Crippen LogP contribution in [0, 0.1) is 10.1 Å².